The Balaban J connectivity index is 1.65. The summed E-state index contributed by atoms with van der Waals surface area (Å²) in [5.74, 6) is 0.0109. The molecule has 5 nitrogen and oxygen atoms in total. The van der Waals surface area contributed by atoms with Crippen molar-refractivity contribution in [3.63, 3.8) is 0 Å². The number of amides is 2. The number of nitrogens with one attached hydrogen (secondary N) is 1. The van der Waals surface area contributed by atoms with E-state index in [0.29, 0.717) is 29.5 Å². The Morgan fingerprint density at radius 2 is 1.93 bits per heavy atom. The van der Waals surface area contributed by atoms with Crippen LogP contribution < -0.4 is 10.1 Å². The van der Waals surface area contributed by atoms with Crippen molar-refractivity contribution in [1.82, 2.24) is 4.90 Å². The number of nitrogens with zero attached hydrogens (tertiary/aromatic N) is 1. The Morgan fingerprint density at radius 1 is 1.22 bits per heavy atom. The minimum absolute atomic E-state index is 0.00206. The van der Waals surface area contributed by atoms with E-state index in [1.807, 2.05) is 50.2 Å². The summed E-state index contributed by atoms with van der Waals surface area (Å²) in [6.45, 7) is 4.65. The quantitative estimate of drug-likeness (QED) is 0.812. The average molecular weight is 387 g/mol. The molecule has 1 fully saturated rings. The normalized spacial score (nSPS) is 16.7. The number of hydrogen-bond acceptors (Lipinski definition) is 3. The average Bonchev–Trinajstić information content (AvgIpc) is 2.99. The molecule has 0 aliphatic carbocycles. The molecule has 1 aliphatic heterocycles. The summed E-state index contributed by atoms with van der Waals surface area (Å²) < 4.78 is 5.74. The van der Waals surface area contributed by atoms with Gasteiger partial charge in [-0.05, 0) is 37.6 Å². The second-order valence-electron chi connectivity index (χ2n) is 6.92. The third-order valence-corrected chi connectivity index (χ3v) is 4.78. The number of rotatable bonds is 6. The van der Waals surface area contributed by atoms with Crippen LogP contribution in [0, 0.1) is 5.92 Å². The number of carbonyl (C=O) groups excluding carboxylic acids is 2. The van der Waals surface area contributed by atoms with Crippen molar-refractivity contribution < 1.29 is 14.3 Å². The standard InChI is InChI=1S/C21H23ClN2O3/c1-14(2)27-19-10-6-5-9-18(19)23-21(26)16-11-20(25)24(13-16)12-15-7-3-4-8-17(15)22/h3-10,14,16H,11-13H2,1-2H3,(H,23,26). The molecular weight excluding hydrogens is 364 g/mol. The zero-order chi connectivity index (χ0) is 19.4. The molecule has 1 atom stereocenters. The van der Waals surface area contributed by atoms with Crippen LogP contribution in [0.2, 0.25) is 5.02 Å². The van der Waals surface area contributed by atoms with Crippen LogP contribution in [0.1, 0.15) is 25.8 Å². The van der Waals surface area contributed by atoms with Gasteiger partial charge in [-0.25, -0.2) is 0 Å². The Labute approximate surface area is 164 Å². The third kappa shape index (κ3) is 4.80. The van der Waals surface area contributed by atoms with Gasteiger partial charge in [0.15, 0.2) is 0 Å². The van der Waals surface area contributed by atoms with E-state index < -0.39 is 5.92 Å². The highest BCUT2D eigenvalue weighted by Gasteiger charge is 2.34. The predicted molar refractivity (Wildman–Crippen MR) is 106 cm³/mol. The zero-order valence-corrected chi connectivity index (χ0v) is 16.2. The van der Waals surface area contributed by atoms with E-state index in [-0.39, 0.29) is 24.3 Å². The Hall–Kier alpha value is -2.53. The Bertz CT molecular complexity index is 838. The number of benzene rings is 2. The van der Waals surface area contributed by atoms with Crippen molar-refractivity contribution in [3.05, 3.63) is 59.1 Å². The fraction of sp³-hybridized carbons (Fsp3) is 0.333. The van der Waals surface area contributed by atoms with Gasteiger partial charge >= 0.3 is 0 Å². The van der Waals surface area contributed by atoms with Crippen LogP contribution in [0.5, 0.6) is 5.75 Å². The Kier molecular flexibility index (Phi) is 6.01. The van der Waals surface area contributed by atoms with Gasteiger partial charge in [0.1, 0.15) is 5.75 Å². The van der Waals surface area contributed by atoms with Gasteiger partial charge in [0, 0.05) is 24.5 Å². The SMILES string of the molecule is CC(C)Oc1ccccc1NC(=O)C1CC(=O)N(Cc2ccccc2Cl)C1. The maximum absolute atomic E-state index is 12.7. The van der Waals surface area contributed by atoms with E-state index in [0.717, 1.165) is 5.56 Å². The topological polar surface area (TPSA) is 58.6 Å². The van der Waals surface area contributed by atoms with E-state index in [4.69, 9.17) is 16.3 Å². The Morgan fingerprint density at radius 3 is 2.67 bits per heavy atom. The first-order valence-electron chi connectivity index (χ1n) is 9.01. The molecule has 3 rings (SSSR count). The lowest BCUT2D eigenvalue weighted by atomic mass is 10.1. The molecule has 0 bridgehead atoms. The number of likely N-dealkylation sites (tertiary alicyclic amines) is 1. The van der Waals surface area contributed by atoms with Crippen LogP contribution in [-0.4, -0.2) is 29.4 Å². The minimum Gasteiger partial charge on any atom is -0.489 e. The fourth-order valence-corrected chi connectivity index (χ4v) is 3.29. The molecule has 6 heteroatoms. The fourth-order valence-electron chi connectivity index (χ4n) is 3.09. The van der Waals surface area contributed by atoms with Gasteiger partial charge in [0.2, 0.25) is 11.8 Å². The molecule has 2 aromatic carbocycles. The summed E-state index contributed by atoms with van der Waals surface area (Å²) in [7, 11) is 0. The van der Waals surface area contributed by atoms with Crippen LogP contribution in [0.4, 0.5) is 5.69 Å². The van der Waals surface area contributed by atoms with Crippen molar-refractivity contribution in [2.45, 2.75) is 32.9 Å². The highest BCUT2D eigenvalue weighted by molar-refractivity contribution is 6.31. The van der Waals surface area contributed by atoms with E-state index in [9.17, 15) is 9.59 Å². The molecule has 27 heavy (non-hydrogen) atoms. The molecular formula is C21H23ClN2O3. The molecule has 1 N–H and O–H groups in total. The molecule has 1 aliphatic rings. The molecule has 2 aromatic rings. The van der Waals surface area contributed by atoms with Gasteiger partial charge in [0.05, 0.1) is 17.7 Å². The first-order chi connectivity index (χ1) is 12.9. The highest BCUT2D eigenvalue weighted by Crippen LogP contribution is 2.28. The maximum atomic E-state index is 12.7. The predicted octanol–water partition coefficient (Wildman–Crippen LogP) is 4.11. The molecule has 1 saturated heterocycles. The second-order valence-corrected chi connectivity index (χ2v) is 7.33. The van der Waals surface area contributed by atoms with Crippen molar-refractivity contribution in [3.8, 4) is 5.75 Å². The van der Waals surface area contributed by atoms with Gasteiger partial charge in [-0.1, -0.05) is 41.9 Å². The maximum Gasteiger partial charge on any atom is 0.229 e. The van der Waals surface area contributed by atoms with Crippen molar-refractivity contribution in [2.75, 3.05) is 11.9 Å². The summed E-state index contributed by atoms with van der Waals surface area (Å²) >= 11 is 6.18. The van der Waals surface area contributed by atoms with Crippen LogP contribution in [0.3, 0.4) is 0 Å². The molecule has 1 unspecified atom stereocenters. The van der Waals surface area contributed by atoms with Gasteiger partial charge in [-0.3, -0.25) is 9.59 Å². The number of ether oxygens (including phenoxy) is 1. The second kappa shape index (κ2) is 8.44. The summed E-state index contributed by atoms with van der Waals surface area (Å²) in [5.41, 5.74) is 1.50. The van der Waals surface area contributed by atoms with E-state index >= 15 is 0 Å². The van der Waals surface area contributed by atoms with Crippen molar-refractivity contribution >= 4 is 29.1 Å². The number of halogens is 1. The molecule has 1 heterocycles. The summed E-state index contributed by atoms with van der Waals surface area (Å²) in [6.07, 6.45) is 0.200. The molecule has 2 amide bonds. The monoisotopic (exact) mass is 386 g/mol. The first kappa shape index (κ1) is 19.2. The van der Waals surface area contributed by atoms with Gasteiger partial charge < -0.3 is 15.0 Å². The summed E-state index contributed by atoms with van der Waals surface area (Å²) in [5, 5.41) is 3.53. The number of hydrogen-bond donors (Lipinski definition) is 1. The van der Waals surface area contributed by atoms with E-state index in [2.05, 4.69) is 5.32 Å². The molecule has 0 spiro atoms. The van der Waals surface area contributed by atoms with E-state index in [1.54, 1.807) is 17.0 Å². The number of carbonyl (C=O) groups is 2. The van der Waals surface area contributed by atoms with Crippen LogP contribution in [0.15, 0.2) is 48.5 Å². The van der Waals surface area contributed by atoms with Gasteiger partial charge in [-0.15, -0.1) is 0 Å². The zero-order valence-electron chi connectivity index (χ0n) is 15.4. The largest absolute Gasteiger partial charge is 0.489 e. The summed E-state index contributed by atoms with van der Waals surface area (Å²) in [4.78, 5) is 26.7. The molecule has 142 valence electrons. The van der Waals surface area contributed by atoms with Gasteiger partial charge in [-0.2, -0.15) is 0 Å². The van der Waals surface area contributed by atoms with Gasteiger partial charge in [0.25, 0.3) is 0 Å². The third-order valence-electron chi connectivity index (χ3n) is 4.41. The van der Waals surface area contributed by atoms with Crippen molar-refractivity contribution in [2.24, 2.45) is 5.92 Å². The number of para-hydroxylation sites is 2. The first-order valence-corrected chi connectivity index (χ1v) is 9.39. The van der Waals surface area contributed by atoms with Crippen LogP contribution >= 0.6 is 11.6 Å². The lowest BCUT2D eigenvalue weighted by molar-refractivity contribution is -0.128. The van der Waals surface area contributed by atoms with Crippen LogP contribution in [0.25, 0.3) is 0 Å². The highest BCUT2D eigenvalue weighted by atomic mass is 35.5. The number of anilines is 1. The van der Waals surface area contributed by atoms with Crippen molar-refractivity contribution in [1.29, 1.82) is 0 Å². The lowest BCUT2D eigenvalue weighted by Gasteiger charge is -2.18. The minimum atomic E-state index is -0.396. The molecule has 0 radical (unpaired) electrons. The van der Waals surface area contributed by atoms with E-state index in [1.165, 1.54) is 0 Å². The lowest BCUT2D eigenvalue weighted by Crippen LogP contribution is -2.28. The summed E-state index contributed by atoms with van der Waals surface area (Å²) in [6, 6.07) is 14.7. The smallest absolute Gasteiger partial charge is 0.229 e. The molecule has 0 aromatic heterocycles. The molecule has 0 saturated carbocycles. The van der Waals surface area contributed by atoms with Crippen LogP contribution in [-0.2, 0) is 16.1 Å².